The number of unbranched alkanes of at least 4 members (excludes halogenated alkanes) is 2. The number of carbonyl (C=O) groups excluding carboxylic acids is 6. The highest BCUT2D eigenvalue weighted by Crippen LogP contribution is 2.24. The molecule has 0 saturated heterocycles. The quantitative estimate of drug-likeness (QED) is 0.0281. The number of rotatable bonds is 22. The van der Waals surface area contributed by atoms with Crippen molar-refractivity contribution in [3.63, 3.8) is 0 Å². The lowest BCUT2D eigenvalue weighted by Gasteiger charge is -2.09. The Morgan fingerprint density at radius 2 is 0.661 bits per heavy atom. The number of hydrogen-bond acceptors (Lipinski definition) is 14. The minimum absolute atomic E-state index is 0.114. The molecular formula is C48H42O14. The lowest BCUT2D eigenvalue weighted by Crippen LogP contribution is -2.11. The number of benzene rings is 5. The normalized spacial score (nSPS) is 10.3. The molecule has 0 radical (unpaired) electrons. The van der Waals surface area contributed by atoms with Crippen LogP contribution in [-0.2, 0) is 19.1 Å². The van der Waals surface area contributed by atoms with Crippen molar-refractivity contribution in [1.82, 2.24) is 0 Å². The van der Waals surface area contributed by atoms with Crippen molar-refractivity contribution in [2.45, 2.75) is 25.7 Å². The molecule has 62 heavy (non-hydrogen) atoms. The molecule has 0 amide bonds. The second-order valence-electron chi connectivity index (χ2n) is 13.0. The van der Waals surface area contributed by atoms with Crippen LogP contribution in [0.5, 0.6) is 34.5 Å². The first-order valence-electron chi connectivity index (χ1n) is 19.3. The van der Waals surface area contributed by atoms with Gasteiger partial charge in [-0.3, -0.25) is 0 Å². The Morgan fingerprint density at radius 1 is 0.371 bits per heavy atom. The smallest absolute Gasteiger partial charge is 0.343 e. The van der Waals surface area contributed by atoms with E-state index >= 15 is 0 Å². The average molecular weight is 843 g/mol. The van der Waals surface area contributed by atoms with E-state index in [4.69, 9.17) is 37.9 Å². The maximum absolute atomic E-state index is 12.9. The van der Waals surface area contributed by atoms with E-state index in [2.05, 4.69) is 13.2 Å². The lowest BCUT2D eigenvalue weighted by molar-refractivity contribution is -0.138. The third-order valence-corrected chi connectivity index (χ3v) is 8.44. The van der Waals surface area contributed by atoms with Crippen LogP contribution in [0.3, 0.4) is 0 Å². The highest BCUT2D eigenvalue weighted by molar-refractivity contribution is 5.94. The molecule has 0 unspecified atom stereocenters. The van der Waals surface area contributed by atoms with Crippen LogP contribution in [0.25, 0.3) is 0 Å². The Labute approximate surface area is 357 Å². The molecule has 0 saturated carbocycles. The molecule has 0 N–H and O–H groups in total. The number of ether oxygens (including phenoxy) is 8. The van der Waals surface area contributed by atoms with E-state index in [9.17, 15) is 28.8 Å². The Kier molecular flexibility index (Phi) is 17.1. The van der Waals surface area contributed by atoms with Crippen molar-refractivity contribution in [2.24, 2.45) is 0 Å². The Hall–Kier alpha value is -8.00. The van der Waals surface area contributed by atoms with Crippen LogP contribution in [0.15, 0.2) is 147 Å². The Morgan fingerprint density at radius 3 is 0.984 bits per heavy atom. The van der Waals surface area contributed by atoms with Crippen LogP contribution in [0.2, 0.25) is 0 Å². The SMILES string of the molecule is C=CC(=O)OCCCCOc1ccc(C(=O)Oc2ccc(C(=O)Oc3cccc(OC(=O)c4ccc(OC(=O)c5ccc(OCCCCOC(=O)C=C)cc5)cc4)c3)cc2)cc1. The van der Waals surface area contributed by atoms with Gasteiger partial charge in [0.05, 0.1) is 48.7 Å². The van der Waals surface area contributed by atoms with Crippen LogP contribution in [-0.4, -0.2) is 62.2 Å². The molecular weight excluding hydrogens is 801 g/mol. The molecule has 5 aromatic rings. The fourth-order valence-corrected chi connectivity index (χ4v) is 5.21. The molecule has 5 rings (SSSR count). The van der Waals surface area contributed by atoms with Crippen molar-refractivity contribution in [3.05, 3.63) is 169 Å². The highest BCUT2D eigenvalue weighted by Gasteiger charge is 2.15. The van der Waals surface area contributed by atoms with Crippen molar-refractivity contribution >= 4 is 35.8 Å². The third-order valence-electron chi connectivity index (χ3n) is 8.44. The molecule has 0 heterocycles. The molecule has 0 atom stereocenters. The first kappa shape index (κ1) is 45.1. The predicted octanol–water partition coefficient (Wildman–Crippen LogP) is 8.34. The van der Waals surface area contributed by atoms with Gasteiger partial charge in [0.25, 0.3) is 0 Å². The molecule has 14 heteroatoms. The van der Waals surface area contributed by atoms with Gasteiger partial charge in [0.1, 0.15) is 34.5 Å². The zero-order valence-electron chi connectivity index (χ0n) is 33.5. The highest BCUT2D eigenvalue weighted by atomic mass is 16.6. The van der Waals surface area contributed by atoms with E-state index in [0.717, 1.165) is 12.2 Å². The maximum Gasteiger partial charge on any atom is 0.343 e. The Bertz CT molecular complexity index is 2170. The first-order valence-corrected chi connectivity index (χ1v) is 19.3. The van der Waals surface area contributed by atoms with Gasteiger partial charge in [-0.25, -0.2) is 28.8 Å². The van der Waals surface area contributed by atoms with E-state index in [1.807, 2.05) is 0 Å². The minimum atomic E-state index is -0.702. The monoisotopic (exact) mass is 842 g/mol. The average Bonchev–Trinajstić information content (AvgIpc) is 3.29. The van der Waals surface area contributed by atoms with E-state index in [1.165, 1.54) is 66.7 Å². The molecule has 5 aromatic carbocycles. The number of esters is 6. The van der Waals surface area contributed by atoms with Crippen LogP contribution in [0.4, 0.5) is 0 Å². The largest absolute Gasteiger partial charge is 0.494 e. The summed E-state index contributed by atoms with van der Waals surface area (Å²) in [6.45, 7) is 8.04. The third kappa shape index (κ3) is 14.7. The number of hydrogen-bond donors (Lipinski definition) is 0. The van der Waals surface area contributed by atoms with Crippen LogP contribution >= 0.6 is 0 Å². The van der Waals surface area contributed by atoms with Gasteiger partial charge < -0.3 is 37.9 Å². The van der Waals surface area contributed by atoms with Gasteiger partial charge in [-0.05, 0) is 135 Å². The summed E-state index contributed by atoms with van der Waals surface area (Å²) >= 11 is 0. The molecule has 0 aliphatic rings. The summed E-state index contributed by atoms with van der Waals surface area (Å²) in [6.07, 6.45) is 4.82. The molecule has 0 aromatic heterocycles. The second-order valence-corrected chi connectivity index (χ2v) is 13.0. The molecule has 0 spiro atoms. The molecule has 0 aliphatic heterocycles. The topological polar surface area (TPSA) is 176 Å². The first-order chi connectivity index (χ1) is 30.1. The van der Waals surface area contributed by atoms with Gasteiger partial charge in [0, 0.05) is 18.2 Å². The predicted molar refractivity (Wildman–Crippen MR) is 224 cm³/mol. The summed E-state index contributed by atoms with van der Waals surface area (Å²) in [5.74, 6) is -1.80. The van der Waals surface area contributed by atoms with Gasteiger partial charge in [0.2, 0.25) is 0 Å². The molecule has 0 fully saturated rings. The zero-order chi connectivity index (χ0) is 44.1. The minimum Gasteiger partial charge on any atom is -0.494 e. The van der Waals surface area contributed by atoms with Crippen LogP contribution in [0, 0.1) is 0 Å². The maximum atomic E-state index is 12.9. The lowest BCUT2D eigenvalue weighted by atomic mass is 10.2. The van der Waals surface area contributed by atoms with Gasteiger partial charge >= 0.3 is 35.8 Å². The molecule has 0 aliphatic carbocycles. The van der Waals surface area contributed by atoms with Crippen molar-refractivity contribution in [2.75, 3.05) is 26.4 Å². The zero-order valence-corrected chi connectivity index (χ0v) is 33.5. The second kappa shape index (κ2) is 23.6. The summed E-state index contributed by atoms with van der Waals surface area (Å²) in [5, 5.41) is 0. The molecule has 14 nitrogen and oxygen atoms in total. The van der Waals surface area contributed by atoms with Crippen molar-refractivity contribution < 1.29 is 66.7 Å². The summed E-state index contributed by atoms with van der Waals surface area (Å²) in [7, 11) is 0. The fraction of sp³-hybridized carbons (Fsp3) is 0.167. The van der Waals surface area contributed by atoms with E-state index < -0.39 is 35.8 Å². The summed E-state index contributed by atoms with van der Waals surface area (Å²) in [6, 6.07) is 30.4. The van der Waals surface area contributed by atoms with Gasteiger partial charge in [-0.1, -0.05) is 19.2 Å². The van der Waals surface area contributed by atoms with Crippen LogP contribution < -0.4 is 28.4 Å². The van der Waals surface area contributed by atoms with Gasteiger partial charge in [-0.15, -0.1) is 0 Å². The molecule has 318 valence electrons. The van der Waals surface area contributed by atoms with Crippen LogP contribution in [0.1, 0.15) is 67.1 Å². The molecule has 0 bridgehead atoms. The number of carbonyl (C=O) groups is 6. The van der Waals surface area contributed by atoms with E-state index in [0.29, 0.717) is 50.4 Å². The van der Waals surface area contributed by atoms with Gasteiger partial charge in [0.15, 0.2) is 0 Å². The van der Waals surface area contributed by atoms with Gasteiger partial charge in [-0.2, -0.15) is 0 Å². The van der Waals surface area contributed by atoms with E-state index in [1.54, 1.807) is 54.6 Å². The standard InChI is InChI=1S/C48H42O14/c1-3-43(49)57-30-7-5-28-55-37-20-12-33(13-21-37)45(51)59-39-24-16-35(17-25-39)47(53)61-41-10-9-11-42(32-41)62-48(54)36-18-26-40(27-19-36)60-46(52)34-14-22-38(23-15-34)56-29-6-8-31-58-44(50)4-2/h3-4,9-27,32H,1-2,5-8,28-31H2. The fourth-order valence-electron chi connectivity index (χ4n) is 5.21. The van der Waals surface area contributed by atoms with Crippen molar-refractivity contribution in [1.29, 1.82) is 0 Å². The summed E-state index contributed by atoms with van der Waals surface area (Å²) < 4.78 is 43.0. The van der Waals surface area contributed by atoms with E-state index in [-0.39, 0.29) is 58.5 Å². The summed E-state index contributed by atoms with van der Waals surface area (Å²) in [5.41, 5.74) is 0.928. The summed E-state index contributed by atoms with van der Waals surface area (Å²) in [4.78, 5) is 73.3. The van der Waals surface area contributed by atoms with Crippen molar-refractivity contribution in [3.8, 4) is 34.5 Å². The Balaban J connectivity index is 1.03.